The lowest BCUT2D eigenvalue weighted by molar-refractivity contribution is -0.142. The van der Waals surface area contributed by atoms with Gasteiger partial charge in [-0.1, -0.05) is 5.16 Å². The van der Waals surface area contributed by atoms with Gasteiger partial charge < -0.3 is 14.6 Å². The van der Waals surface area contributed by atoms with E-state index in [9.17, 15) is 9.59 Å². The maximum Gasteiger partial charge on any atom is 0.319 e. The molecule has 2 heterocycles. The molecule has 8 heteroatoms. The first-order valence-electron chi connectivity index (χ1n) is 6.81. The van der Waals surface area contributed by atoms with Gasteiger partial charge in [0.05, 0.1) is 20.2 Å². The smallest absolute Gasteiger partial charge is 0.319 e. The number of nitrogens with zero attached hydrogens (tertiary/aromatic N) is 3. The van der Waals surface area contributed by atoms with Crippen LogP contribution in [0.1, 0.15) is 5.76 Å². The van der Waals surface area contributed by atoms with Gasteiger partial charge >= 0.3 is 5.97 Å². The Bertz CT molecular complexity index is 494. The number of ether oxygens (including phenoxy) is 1. The van der Waals surface area contributed by atoms with Crippen molar-refractivity contribution in [3.63, 3.8) is 0 Å². The largest absolute Gasteiger partial charge is 0.468 e. The average Bonchev–Trinajstić information content (AvgIpc) is 2.86. The summed E-state index contributed by atoms with van der Waals surface area (Å²) in [6, 6.07) is 1.67. The highest BCUT2D eigenvalue weighted by molar-refractivity contribution is 5.91. The summed E-state index contributed by atoms with van der Waals surface area (Å²) in [5.41, 5.74) is 0. The number of anilines is 1. The predicted molar refractivity (Wildman–Crippen MR) is 74.8 cm³/mol. The molecule has 1 aliphatic rings. The van der Waals surface area contributed by atoms with Crippen LogP contribution in [0.2, 0.25) is 0 Å². The number of carbonyl (C=O) groups is 2. The van der Waals surface area contributed by atoms with Crippen LogP contribution in [0, 0.1) is 6.92 Å². The Balaban J connectivity index is 1.70. The molecule has 0 bridgehead atoms. The zero-order valence-electron chi connectivity index (χ0n) is 12.3. The molecule has 2 rings (SSSR count). The van der Waals surface area contributed by atoms with Crippen LogP contribution in [0.15, 0.2) is 10.6 Å². The van der Waals surface area contributed by atoms with E-state index in [0.717, 1.165) is 26.2 Å². The highest BCUT2D eigenvalue weighted by Crippen LogP contribution is 2.07. The predicted octanol–water partition coefficient (Wildman–Crippen LogP) is -0.288. The van der Waals surface area contributed by atoms with Crippen molar-refractivity contribution in [2.75, 3.05) is 51.7 Å². The lowest BCUT2D eigenvalue weighted by atomic mass is 10.3. The van der Waals surface area contributed by atoms with E-state index in [-0.39, 0.29) is 11.9 Å². The molecule has 1 aromatic heterocycles. The first-order valence-corrected chi connectivity index (χ1v) is 6.81. The van der Waals surface area contributed by atoms with Crippen LogP contribution in [0.3, 0.4) is 0 Å². The van der Waals surface area contributed by atoms with Crippen LogP contribution < -0.4 is 5.32 Å². The van der Waals surface area contributed by atoms with Gasteiger partial charge in [0.2, 0.25) is 5.91 Å². The van der Waals surface area contributed by atoms with Gasteiger partial charge in [0.25, 0.3) is 0 Å². The maximum absolute atomic E-state index is 11.9. The van der Waals surface area contributed by atoms with Crippen molar-refractivity contribution in [3.8, 4) is 0 Å². The van der Waals surface area contributed by atoms with E-state index >= 15 is 0 Å². The third-order valence-electron chi connectivity index (χ3n) is 3.31. The van der Waals surface area contributed by atoms with Crippen LogP contribution >= 0.6 is 0 Å². The second-order valence-corrected chi connectivity index (χ2v) is 5.00. The van der Waals surface area contributed by atoms with Crippen molar-refractivity contribution in [1.82, 2.24) is 15.0 Å². The summed E-state index contributed by atoms with van der Waals surface area (Å²) >= 11 is 0. The second kappa shape index (κ2) is 7.19. The molecule has 1 aromatic rings. The number of hydrogen-bond donors (Lipinski definition) is 1. The van der Waals surface area contributed by atoms with Crippen LogP contribution in [0.25, 0.3) is 0 Å². The molecule has 0 saturated carbocycles. The van der Waals surface area contributed by atoms with Gasteiger partial charge in [0, 0.05) is 32.2 Å². The van der Waals surface area contributed by atoms with Gasteiger partial charge in [-0.05, 0) is 6.92 Å². The minimum Gasteiger partial charge on any atom is -0.468 e. The number of piperazine rings is 1. The molecule has 1 aliphatic heterocycles. The summed E-state index contributed by atoms with van der Waals surface area (Å²) in [5.74, 6) is 0.732. The number of amides is 1. The molecule has 21 heavy (non-hydrogen) atoms. The number of carbonyl (C=O) groups excluding carboxylic acids is 2. The Kier molecular flexibility index (Phi) is 5.29. The maximum atomic E-state index is 11.9. The van der Waals surface area contributed by atoms with E-state index in [4.69, 9.17) is 4.52 Å². The fraction of sp³-hybridized carbons (Fsp3) is 0.615. The van der Waals surface area contributed by atoms with E-state index in [2.05, 4.69) is 15.2 Å². The van der Waals surface area contributed by atoms with Crippen molar-refractivity contribution in [2.24, 2.45) is 0 Å². The Morgan fingerprint density at radius 2 is 1.90 bits per heavy atom. The second-order valence-electron chi connectivity index (χ2n) is 5.00. The molecule has 0 aromatic carbocycles. The van der Waals surface area contributed by atoms with Crippen LogP contribution in [-0.2, 0) is 14.3 Å². The molecule has 0 unspecified atom stereocenters. The van der Waals surface area contributed by atoms with Crippen molar-refractivity contribution in [3.05, 3.63) is 11.8 Å². The summed E-state index contributed by atoms with van der Waals surface area (Å²) < 4.78 is 9.53. The van der Waals surface area contributed by atoms with Crippen LogP contribution in [0.5, 0.6) is 0 Å². The quantitative estimate of drug-likeness (QED) is 0.747. The molecule has 0 atom stereocenters. The van der Waals surface area contributed by atoms with Crippen molar-refractivity contribution >= 4 is 17.7 Å². The SMILES string of the molecule is COC(=O)CN1CCN(CC(=O)Nc2cc(C)on2)CC1. The van der Waals surface area contributed by atoms with Crippen molar-refractivity contribution in [1.29, 1.82) is 0 Å². The molecule has 0 radical (unpaired) electrons. The lowest BCUT2D eigenvalue weighted by Crippen LogP contribution is -2.49. The molecule has 1 saturated heterocycles. The number of hydrogen-bond acceptors (Lipinski definition) is 7. The summed E-state index contributed by atoms with van der Waals surface area (Å²) in [5, 5.41) is 6.41. The standard InChI is InChI=1S/C13H20N4O4/c1-10-7-11(15-21-10)14-12(18)8-16-3-5-17(6-4-16)9-13(19)20-2/h7H,3-6,8-9H2,1-2H3,(H,14,15,18). The third kappa shape index (κ3) is 4.83. The normalized spacial score (nSPS) is 16.7. The number of nitrogens with one attached hydrogen (secondary N) is 1. The van der Waals surface area contributed by atoms with Crippen molar-refractivity contribution < 1.29 is 18.8 Å². The van der Waals surface area contributed by atoms with E-state index < -0.39 is 0 Å². The van der Waals surface area contributed by atoms with Gasteiger partial charge in [0.1, 0.15) is 5.76 Å². The molecule has 1 N–H and O–H groups in total. The zero-order valence-corrected chi connectivity index (χ0v) is 12.3. The monoisotopic (exact) mass is 296 g/mol. The lowest BCUT2D eigenvalue weighted by Gasteiger charge is -2.33. The van der Waals surface area contributed by atoms with Gasteiger partial charge in [-0.3, -0.25) is 19.4 Å². The van der Waals surface area contributed by atoms with Crippen molar-refractivity contribution in [2.45, 2.75) is 6.92 Å². The van der Waals surface area contributed by atoms with E-state index in [0.29, 0.717) is 24.7 Å². The Morgan fingerprint density at radius 1 is 1.29 bits per heavy atom. The number of rotatable bonds is 5. The zero-order chi connectivity index (χ0) is 15.2. The van der Waals surface area contributed by atoms with Gasteiger partial charge in [0.15, 0.2) is 5.82 Å². The highest BCUT2D eigenvalue weighted by atomic mass is 16.5. The number of aryl methyl sites for hydroxylation is 1. The van der Waals surface area contributed by atoms with E-state index in [1.165, 1.54) is 7.11 Å². The number of esters is 1. The molecular formula is C13H20N4O4. The Labute approximate surface area is 123 Å². The summed E-state index contributed by atoms with van der Waals surface area (Å²) in [6.45, 7) is 5.33. The van der Waals surface area contributed by atoms with Gasteiger partial charge in [-0.2, -0.15) is 0 Å². The van der Waals surface area contributed by atoms with E-state index in [1.807, 2.05) is 9.80 Å². The molecule has 116 valence electrons. The first kappa shape index (κ1) is 15.5. The summed E-state index contributed by atoms with van der Waals surface area (Å²) in [6.07, 6.45) is 0. The fourth-order valence-electron chi connectivity index (χ4n) is 2.16. The highest BCUT2D eigenvalue weighted by Gasteiger charge is 2.21. The average molecular weight is 296 g/mol. The van der Waals surface area contributed by atoms with Gasteiger partial charge in [-0.15, -0.1) is 0 Å². The molecule has 8 nitrogen and oxygen atoms in total. The minimum atomic E-state index is -0.234. The molecule has 1 amide bonds. The Hall–Kier alpha value is -1.93. The van der Waals surface area contributed by atoms with E-state index in [1.54, 1.807) is 13.0 Å². The molecule has 0 aliphatic carbocycles. The third-order valence-corrected chi connectivity index (χ3v) is 3.31. The number of aromatic nitrogens is 1. The topological polar surface area (TPSA) is 87.9 Å². The Morgan fingerprint density at radius 3 is 2.43 bits per heavy atom. The fourth-order valence-corrected chi connectivity index (χ4v) is 2.16. The molecule has 0 spiro atoms. The number of methoxy groups -OCH3 is 1. The minimum absolute atomic E-state index is 0.121. The summed E-state index contributed by atoms with van der Waals surface area (Å²) in [4.78, 5) is 27.1. The van der Waals surface area contributed by atoms with Crippen LogP contribution in [-0.4, -0.2) is 73.2 Å². The first-order chi connectivity index (χ1) is 10.1. The molecular weight excluding hydrogens is 276 g/mol. The van der Waals surface area contributed by atoms with Crippen LogP contribution in [0.4, 0.5) is 5.82 Å². The van der Waals surface area contributed by atoms with Gasteiger partial charge in [-0.25, -0.2) is 0 Å². The molecule has 1 fully saturated rings. The summed E-state index contributed by atoms with van der Waals surface area (Å²) in [7, 11) is 1.38.